The molecule has 1 atom stereocenters. The molecule has 0 spiro atoms. The van der Waals surface area contributed by atoms with Crippen molar-refractivity contribution in [3.8, 4) is 11.3 Å². The summed E-state index contributed by atoms with van der Waals surface area (Å²) in [6.07, 6.45) is 1.56. The zero-order valence-corrected chi connectivity index (χ0v) is 16.0. The van der Waals surface area contributed by atoms with Gasteiger partial charge in [-0.3, -0.25) is 4.79 Å². The number of nitrogens with one attached hydrogen (secondary N) is 1. The van der Waals surface area contributed by atoms with Crippen LogP contribution in [0.1, 0.15) is 18.7 Å². The van der Waals surface area contributed by atoms with Crippen LogP contribution < -0.4 is 5.32 Å². The fourth-order valence-corrected chi connectivity index (χ4v) is 3.66. The highest BCUT2D eigenvalue weighted by molar-refractivity contribution is 5.93. The van der Waals surface area contributed by atoms with Crippen LogP contribution >= 0.6 is 12.4 Å². The molecule has 2 heterocycles. The van der Waals surface area contributed by atoms with Gasteiger partial charge >= 0.3 is 5.97 Å². The lowest BCUT2D eigenvalue weighted by atomic mass is 9.79. The largest absolute Gasteiger partial charge is 0.468 e. The number of hydrogen-bond acceptors (Lipinski definition) is 5. The molecule has 0 amide bonds. The van der Waals surface area contributed by atoms with E-state index in [2.05, 4.69) is 5.32 Å². The SMILES string of the molecule is COC(=O)C1(c2nc(-c3ccccc3)c3ccccc3n2)CCCNC1.Cl. The molecule has 1 fully saturated rings. The van der Waals surface area contributed by atoms with Crippen LogP contribution in [0.5, 0.6) is 0 Å². The molecule has 1 aromatic heterocycles. The number of nitrogens with zero attached hydrogens (tertiary/aromatic N) is 2. The quantitative estimate of drug-likeness (QED) is 0.701. The highest BCUT2D eigenvalue weighted by Crippen LogP contribution is 2.34. The third-order valence-electron chi connectivity index (χ3n) is 5.04. The first-order chi connectivity index (χ1) is 12.7. The standard InChI is InChI=1S/C21H21N3O2.ClH/c1-26-20(25)21(12-7-13-22-14-21)19-23-17-11-6-5-10-16(17)18(24-19)15-8-3-2-4-9-15;/h2-6,8-11,22H,7,12-14H2,1H3;1H. The zero-order valence-electron chi connectivity index (χ0n) is 15.1. The normalized spacial score (nSPS) is 19.3. The fraction of sp³-hybridized carbons (Fsp3) is 0.286. The predicted molar refractivity (Wildman–Crippen MR) is 108 cm³/mol. The zero-order chi connectivity index (χ0) is 18.0. The number of para-hydroxylation sites is 1. The summed E-state index contributed by atoms with van der Waals surface area (Å²) in [4.78, 5) is 22.4. The maximum Gasteiger partial charge on any atom is 0.320 e. The van der Waals surface area contributed by atoms with Crippen LogP contribution in [0.15, 0.2) is 54.6 Å². The maximum atomic E-state index is 12.7. The van der Waals surface area contributed by atoms with E-state index in [0.717, 1.165) is 35.1 Å². The van der Waals surface area contributed by atoms with Gasteiger partial charge in [0.2, 0.25) is 0 Å². The van der Waals surface area contributed by atoms with Crippen LogP contribution in [0.2, 0.25) is 0 Å². The van der Waals surface area contributed by atoms with Crippen molar-refractivity contribution in [2.45, 2.75) is 18.3 Å². The van der Waals surface area contributed by atoms with Gasteiger partial charge in [-0.1, -0.05) is 48.5 Å². The number of benzene rings is 2. The Bertz CT molecular complexity index is 941. The summed E-state index contributed by atoms with van der Waals surface area (Å²) in [5.74, 6) is 0.257. The summed E-state index contributed by atoms with van der Waals surface area (Å²) in [6, 6.07) is 17.9. The number of piperidine rings is 1. The third kappa shape index (κ3) is 3.40. The lowest BCUT2D eigenvalue weighted by Gasteiger charge is -2.33. The van der Waals surface area contributed by atoms with Gasteiger partial charge in [-0.15, -0.1) is 12.4 Å². The number of carbonyl (C=O) groups excluding carboxylic acids is 1. The Morgan fingerprint density at radius 1 is 1.07 bits per heavy atom. The third-order valence-corrected chi connectivity index (χ3v) is 5.04. The number of aromatic nitrogens is 2. The molecule has 1 saturated heterocycles. The lowest BCUT2D eigenvalue weighted by Crippen LogP contribution is -2.50. The van der Waals surface area contributed by atoms with Crippen molar-refractivity contribution in [2.75, 3.05) is 20.2 Å². The van der Waals surface area contributed by atoms with Crippen molar-refractivity contribution in [3.05, 3.63) is 60.4 Å². The summed E-state index contributed by atoms with van der Waals surface area (Å²) in [6.45, 7) is 1.38. The molecule has 0 aliphatic carbocycles. The maximum absolute atomic E-state index is 12.7. The number of carbonyl (C=O) groups is 1. The van der Waals surface area contributed by atoms with Crippen molar-refractivity contribution in [3.63, 3.8) is 0 Å². The van der Waals surface area contributed by atoms with E-state index in [1.54, 1.807) is 0 Å². The van der Waals surface area contributed by atoms with Gasteiger partial charge in [0.25, 0.3) is 0 Å². The van der Waals surface area contributed by atoms with Crippen LogP contribution in [-0.4, -0.2) is 36.1 Å². The van der Waals surface area contributed by atoms with E-state index in [0.29, 0.717) is 18.8 Å². The Morgan fingerprint density at radius 2 is 1.81 bits per heavy atom. The summed E-state index contributed by atoms with van der Waals surface area (Å²) in [7, 11) is 1.43. The molecule has 0 radical (unpaired) electrons. The average molecular weight is 384 g/mol. The highest BCUT2D eigenvalue weighted by atomic mass is 35.5. The van der Waals surface area contributed by atoms with Crippen LogP contribution in [0.3, 0.4) is 0 Å². The minimum absolute atomic E-state index is 0. The molecule has 0 saturated carbocycles. The topological polar surface area (TPSA) is 64.1 Å². The second kappa shape index (κ2) is 8.03. The number of esters is 1. The molecule has 2 aromatic carbocycles. The van der Waals surface area contributed by atoms with Gasteiger partial charge in [0.1, 0.15) is 11.2 Å². The van der Waals surface area contributed by atoms with E-state index < -0.39 is 5.41 Å². The number of ether oxygens (including phenoxy) is 1. The van der Waals surface area contributed by atoms with Gasteiger partial charge in [0, 0.05) is 17.5 Å². The van der Waals surface area contributed by atoms with Crippen LogP contribution in [0, 0.1) is 0 Å². The van der Waals surface area contributed by atoms with Crippen molar-refractivity contribution in [1.82, 2.24) is 15.3 Å². The summed E-state index contributed by atoms with van der Waals surface area (Å²) in [5, 5.41) is 4.29. The Kier molecular flexibility index (Phi) is 5.73. The van der Waals surface area contributed by atoms with E-state index in [9.17, 15) is 4.79 Å². The summed E-state index contributed by atoms with van der Waals surface area (Å²) < 4.78 is 5.15. The van der Waals surface area contributed by atoms with Crippen molar-refractivity contribution in [2.24, 2.45) is 0 Å². The predicted octanol–water partition coefficient (Wildman–Crippen LogP) is 3.51. The molecule has 1 N–H and O–H groups in total. The van der Waals surface area contributed by atoms with Gasteiger partial charge < -0.3 is 10.1 Å². The Labute approximate surface area is 164 Å². The minimum Gasteiger partial charge on any atom is -0.468 e. The smallest absolute Gasteiger partial charge is 0.320 e. The second-order valence-electron chi connectivity index (χ2n) is 6.63. The number of hydrogen-bond donors (Lipinski definition) is 1. The molecular weight excluding hydrogens is 362 g/mol. The van der Waals surface area contributed by atoms with E-state index in [1.807, 2.05) is 54.6 Å². The van der Waals surface area contributed by atoms with E-state index in [4.69, 9.17) is 14.7 Å². The highest BCUT2D eigenvalue weighted by Gasteiger charge is 2.45. The van der Waals surface area contributed by atoms with E-state index >= 15 is 0 Å². The first-order valence-electron chi connectivity index (χ1n) is 8.86. The van der Waals surface area contributed by atoms with Gasteiger partial charge in [0.05, 0.1) is 18.3 Å². The molecule has 1 aliphatic rings. The molecule has 0 bridgehead atoms. The van der Waals surface area contributed by atoms with E-state index in [-0.39, 0.29) is 18.4 Å². The molecule has 5 nitrogen and oxygen atoms in total. The Morgan fingerprint density at radius 3 is 2.52 bits per heavy atom. The minimum atomic E-state index is -0.847. The molecular formula is C21H22ClN3O2. The number of halogens is 1. The molecule has 6 heteroatoms. The molecule has 3 aromatic rings. The lowest BCUT2D eigenvalue weighted by molar-refractivity contribution is -0.148. The molecule has 27 heavy (non-hydrogen) atoms. The molecule has 140 valence electrons. The van der Waals surface area contributed by atoms with Gasteiger partial charge in [-0.05, 0) is 25.5 Å². The van der Waals surface area contributed by atoms with Crippen molar-refractivity contribution in [1.29, 1.82) is 0 Å². The Balaban J connectivity index is 0.00000210. The summed E-state index contributed by atoms with van der Waals surface area (Å²) >= 11 is 0. The number of methoxy groups -OCH3 is 1. The monoisotopic (exact) mass is 383 g/mol. The van der Waals surface area contributed by atoms with Crippen molar-refractivity contribution >= 4 is 29.3 Å². The molecule has 4 rings (SSSR count). The van der Waals surface area contributed by atoms with E-state index in [1.165, 1.54) is 7.11 Å². The number of fused-ring (bicyclic) bond motifs is 1. The Hall–Kier alpha value is -2.50. The number of rotatable bonds is 3. The van der Waals surface area contributed by atoms with Gasteiger partial charge in [0.15, 0.2) is 0 Å². The first-order valence-corrected chi connectivity index (χ1v) is 8.86. The van der Waals surface area contributed by atoms with Crippen LogP contribution in [0.25, 0.3) is 22.2 Å². The first kappa shape index (κ1) is 19.3. The second-order valence-corrected chi connectivity index (χ2v) is 6.63. The van der Waals surface area contributed by atoms with Gasteiger partial charge in [-0.25, -0.2) is 9.97 Å². The van der Waals surface area contributed by atoms with Crippen LogP contribution in [0.4, 0.5) is 0 Å². The average Bonchev–Trinajstić information content (AvgIpc) is 2.73. The van der Waals surface area contributed by atoms with Crippen LogP contribution in [-0.2, 0) is 14.9 Å². The summed E-state index contributed by atoms with van der Waals surface area (Å²) in [5.41, 5.74) is 1.85. The van der Waals surface area contributed by atoms with Crippen molar-refractivity contribution < 1.29 is 9.53 Å². The molecule has 1 aliphatic heterocycles. The van der Waals surface area contributed by atoms with Gasteiger partial charge in [-0.2, -0.15) is 0 Å². The molecule has 1 unspecified atom stereocenters. The fourth-order valence-electron chi connectivity index (χ4n) is 3.66.